The fourth-order valence-electron chi connectivity index (χ4n) is 1.58. The van der Waals surface area contributed by atoms with Crippen LogP contribution in [-0.2, 0) is 16.6 Å². The molecular formula is C13H14ClN3O3S. The van der Waals surface area contributed by atoms with Crippen LogP contribution in [0.4, 0.5) is 0 Å². The predicted octanol–water partition coefficient (Wildman–Crippen LogP) is 1.93. The van der Waals surface area contributed by atoms with Gasteiger partial charge in [0.25, 0.3) is 0 Å². The molecule has 0 saturated heterocycles. The van der Waals surface area contributed by atoms with Crippen LogP contribution in [0, 0.1) is 6.92 Å². The van der Waals surface area contributed by atoms with Crippen LogP contribution in [0.25, 0.3) is 0 Å². The minimum atomic E-state index is -3.67. The highest BCUT2D eigenvalue weighted by molar-refractivity contribution is 7.89. The SMILES string of the molecule is COc1ccc(S(=O)(=O)NCc2cnc(C)cn2)cc1Cl. The molecule has 0 fully saturated rings. The van der Waals surface area contributed by atoms with Crippen LogP contribution < -0.4 is 9.46 Å². The lowest BCUT2D eigenvalue weighted by Gasteiger charge is -2.08. The van der Waals surface area contributed by atoms with Crippen molar-refractivity contribution >= 4 is 21.6 Å². The fraction of sp³-hybridized carbons (Fsp3) is 0.231. The zero-order valence-electron chi connectivity index (χ0n) is 11.5. The molecule has 0 saturated carbocycles. The Hall–Kier alpha value is -1.70. The highest BCUT2D eigenvalue weighted by atomic mass is 35.5. The Morgan fingerprint density at radius 3 is 2.62 bits per heavy atom. The summed E-state index contributed by atoms with van der Waals surface area (Å²) in [5.74, 6) is 0.417. The van der Waals surface area contributed by atoms with E-state index in [0.29, 0.717) is 11.4 Å². The van der Waals surface area contributed by atoms with Gasteiger partial charge >= 0.3 is 0 Å². The summed E-state index contributed by atoms with van der Waals surface area (Å²) in [6.07, 6.45) is 3.10. The van der Waals surface area contributed by atoms with Crippen LogP contribution in [0.5, 0.6) is 5.75 Å². The molecule has 0 unspecified atom stereocenters. The van der Waals surface area contributed by atoms with Crippen molar-refractivity contribution in [3.05, 3.63) is 47.0 Å². The zero-order chi connectivity index (χ0) is 15.5. The zero-order valence-corrected chi connectivity index (χ0v) is 13.1. The first-order valence-corrected chi connectivity index (χ1v) is 7.89. The van der Waals surface area contributed by atoms with E-state index in [1.165, 1.54) is 31.5 Å². The number of ether oxygens (including phenoxy) is 1. The summed E-state index contributed by atoms with van der Waals surface area (Å²) in [6, 6.07) is 4.26. The maximum absolute atomic E-state index is 12.2. The van der Waals surface area contributed by atoms with E-state index >= 15 is 0 Å². The molecule has 112 valence electrons. The van der Waals surface area contributed by atoms with E-state index in [2.05, 4.69) is 14.7 Å². The normalized spacial score (nSPS) is 11.4. The third-order valence-corrected chi connectivity index (χ3v) is 4.41. The number of halogens is 1. The number of nitrogens with one attached hydrogen (secondary N) is 1. The summed E-state index contributed by atoms with van der Waals surface area (Å²) in [7, 11) is -2.21. The van der Waals surface area contributed by atoms with Gasteiger partial charge in [0.2, 0.25) is 10.0 Å². The molecule has 0 amide bonds. The second-order valence-corrected chi connectivity index (χ2v) is 6.44. The number of hydrogen-bond donors (Lipinski definition) is 1. The fourth-order valence-corrected chi connectivity index (χ4v) is 2.92. The van der Waals surface area contributed by atoms with Crippen molar-refractivity contribution in [3.63, 3.8) is 0 Å². The summed E-state index contributed by atoms with van der Waals surface area (Å²) >= 11 is 5.93. The topological polar surface area (TPSA) is 81.2 Å². The number of aryl methyl sites for hydroxylation is 1. The van der Waals surface area contributed by atoms with Crippen LogP contribution in [-0.4, -0.2) is 25.5 Å². The molecule has 0 aliphatic carbocycles. The van der Waals surface area contributed by atoms with Crippen LogP contribution in [0.2, 0.25) is 5.02 Å². The molecule has 1 aromatic carbocycles. The molecule has 0 bridgehead atoms. The third-order valence-electron chi connectivity index (χ3n) is 2.71. The van der Waals surface area contributed by atoms with Gasteiger partial charge in [-0.05, 0) is 25.1 Å². The first-order chi connectivity index (χ1) is 9.92. The van der Waals surface area contributed by atoms with Crippen LogP contribution in [0.3, 0.4) is 0 Å². The number of methoxy groups -OCH3 is 1. The molecule has 1 aromatic heterocycles. The van der Waals surface area contributed by atoms with Gasteiger partial charge in [-0.15, -0.1) is 0 Å². The summed E-state index contributed by atoms with van der Waals surface area (Å²) < 4.78 is 31.8. The number of rotatable bonds is 5. The van der Waals surface area contributed by atoms with Gasteiger partial charge in [-0.2, -0.15) is 0 Å². The lowest BCUT2D eigenvalue weighted by molar-refractivity contribution is 0.414. The maximum atomic E-state index is 12.2. The highest BCUT2D eigenvalue weighted by Crippen LogP contribution is 2.26. The second kappa shape index (κ2) is 6.38. The van der Waals surface area contributed by atoms with Gasteiger partial charge in [-0.25, -0.2) is 13.1 Å². The Morgan fingerprint density at radius 2 is 2.05 bits per heavy atom. The first kappa shape index (κ1) is 15.7. The van der Waals surface area contributed by atoms with Crippen molar-refractivity contribution in [3.8, 4) is 5.75 Å². The third kappa shape index (κ3) is 3.90. The maximum Gasteiger partial charge on any atom is 0.240 e. The van der Waals surface area contributed by atoms with Gasteiger partial charge in [0.05, 0.1) is 41.2 Å². The van der Waals surface area contributed by atoms with Gasteiger partial charge in [0.15, 0.2) is 0 Å². The minimum absolute atomic E-state index is 0.0548. The van der Waals surface area contributed by atoms with Crippen molar-refractivity contribution in [2.75, 3.05) is 7.11 Å². The highest BCUT2D eigenvalue weighted by Gasteiger charge is 2.16. The molecule has 2 rings (SSSR count). The van der Waals surface area contributed by atoms with Gasteiger partial charge < -0.3 is 4.74 Å². The molecule has 0 radical (unpaired) electrons. The summed E-state index contributed by atoms with van der Waals surface area (Å²) in [4.78, 5) is 8.20. The Morgan fingerprint density at radius 1 is 1.29 bits per heavy atom. The molecule has 6 nitrogen and oxygen atoms in total. The first-order valence-electron chi connectivity index (χ1n) is 6.03. The number of benzene rings is 1. The molecule has 0 atom stereocenters. The van der Waals surface area contributed by atoms with E-state index in [0.717, 1.165) is 5.69 Å². The summed E-state index contributed by atoms with van der Waals surface area (Å²) in [5.41, 5.74) is 1.30. The lowest BCUT2D eigenvalue weighted by atomic mass is 10.3. The Labute approximate surface area is 128 Å². The van der Waals surface area contributed by atoms with E-state index in [-0.39, 0.29) is 16.5 Å². The molecule has 21 heavy (non-hydrogen) atoms. The van der Waals surface area contributed by atoms with Gasteiger partial charge in [0.1, 0.15) is 5.75 Å². The minimum Gasteiger partial charge on any atom is -0.495 e. The molecule has 0 aliphatic rings. The van der Waals surface area contributed by atoms with Gasteiger partial charge in [-0.1, -0.05) is 11.6 Å². The van der Waals surface area contributed by atoms with E-state index in [4.69, 9.17) is 16.3 Å². The van der Waals surface area contributed by atoms with E-state index in [9.17, 15) is 8.42 Å². The molecule has 1 N–H and O–H groups in total. The Kier molecular flexibility index (Phi) is 4.76. The summed E-state index contributed by atoms with van der Waals surface area (Å²) in [6.45, 7) is 1.86. The van der Waals surface area contributed by atoms with Crippen LogP contribution in [0.15, 0.2) is 35.5 Å². The van der Waals surface area contributed by atoms with Crippen molar-refractivity contribution in [2.45, 2.75) is 18.4 Å². The number of aromatic nitrogens is 2. The number of sulfonamides is 1. The van der Waals surface area contributed by atoms with Crippen molar-refractivity contribution in [2.24, 2.45) is 0 Å². The largest absolute Gasteiger partial charge is 0.495 e. The van der Waals surface area contributed by atoms with Crippen molar-refractivity contribution in [1.29, 1.82) is 0 Å². The second-order valence-electron chi connectivity index (χ2n) is 4.27. The standard InChI is InChI=1S/C13H14ClN3O3S/c1-9-6-16-10(7-15-9)8-17-21(18,19)11-3-4-13(20-2)12(14)5-11/h3-7,17H,8H2,1-2H3. The monoisotopic (exact) mass is 327 g/mol. The van der Waals surface area contributed by atoms with Crippen LogP contribution in [0.1, 0.15) is 11.4 Å². The average molecular weight is 328 g/mol. The molecule has 0 aliphatic heterocycles. The predicted molar refractivity (Wildman–Crippen MR) is 78.8 cm³/mol. The van der Waals surface area contributed by atoms with E-state index in [1.54, 1.807) is 13.1 Å². The molecule has 8 heteroatoms. The Balaban J connectivity index is 2.14. The Bertz CT molecular complexity index is 733. The lowest BCUT2D eigenvalue weighted by Crippen LogP contribution is -2.23. The van der Waals surface area contributed by atoms with Gasteiger partial charge in [0, 0.05) is 6.20 Å². The molecule has 1 heterocycles. The van der Waals surface area contributed by atoms with E-state index < -0.39 is 10.0 Å². The molecule has 2 aromatic rings. The number of nitrogens with zero attached hydrogens (tertiary/aromatic N) is 2. The van der Waals surface area contributed by atoms with Crippen molar-refractivity contribution < 1.29 is 13.2 Å². The van der Waals surface area contributed by atoms with E-state index in [1.807, 2.05) is 0 Å². The average Bonchev–Trinajstić information content (AvgIpc) is 2.46. The molecule has 0 spiro atoms. The van der Waals surface area contributed by atoms with Crippen LogP contribution >= 0.6 is 11.6 Å². The molecular weight excluding hydrogens is 314 g/mol. The van der Waals surface area contributed by atoms with Crippen molar-refractivity contribution in [1.82, 2.24) is 14.7 Å². The smallest absolute Gasteiger partial charge is 0.240 e. The quantitative estimate of drug-likeness (QED) is 0.907. The van der Waals surface area contributed by atoms with Gasteiger partial charge in [-0.3, -0.25) is 9.97 Å². The summed E-state index contributed by atoms with van der Waals surface area (Å²) in [5, 5.41) is 0.232. The number of hydrogen-bond acceptors (Lipinski definition) is 5.